The van der Waals surface area contributed by atoms with Crippen LogP contribution in [0.1, 0.15) is 25.8 Å². The molecule has 25 heavy (non-hydrogen) atoms. The summed E-state index contributed by atoms with van der Waals surface area (Å²) in [6.07, 6.45) is 0.523. The molecule has 0 aliphatic carbocycles. The number of nitrogens with zero attached hydrogens (tertiary/aromatic N) is 2. The molecule has 2 rings (SSSR count). The number of carbonyl (C=O) groups is 2. The van der Waals surface area contributed by atoms with E-state index >= 15 is 0 Å². The van der Waals surface area contributed by atoms with Crippen molar-refractivity contribution in [1.29, 1.82) is 0 Å². The molecule has 0 radical (unpaired) electrons. The molecule has 1 saturated heterocycles. The first-order chi connectivity index (χ1) is 12.0. The molecule has 0 saturated carbocycles. The molecule has 1 aromatic rings. The number of ether oxygens (including phenoxy) is 1. The molecule has 0 aromatic heterocycles. The maximum atomic E-state index is 12.5. The fourth-order valence-electron chi connectivity index (χ4n) is 2.63. The van der Waals surface area contributed by atoms with Gasteiger partial charge in [0, 0.05) is 31.1 Å². The molecule has 2 amide bonds. The van der Waals surface area contributed by atoms with Gasteiger partial charge in [0.25, 0.3) is 0 Å². The Morgan fingerprint density at radius 1 is 1.12 bits per heavy atom. The smallest absolute Gasteiger partial charge is 0.409 e. The fourth-order valence-corrected chi connectivity index (χ4v) is 3.56. The Hall–Kier alpha value is -1.69. The minimum absolute atomic E-state index is 0.130. The first-order valence-corrected chi connectivity index (χ1v) is 9.84. The van der Waals surface area contributed by atoms with Gasteiger partial charge in [0.15, 0.2) is 0 Å². The van der Waals surface area contributed by atoms with E-state index in [-0.39, 0.29) is 12.0 Å². The van der Waals surface area contributed by atoms with Gasteiger partial charge in [-0.3, -0.25) is 4.79 Å². The second kappa shape index (κ2) is 9.70. The van der Waals surface area contributed by atoms with Crippen LogP contribution in [0.2, 0.25) is 0 Å². The zero-order valence-corrected chi connectivity index (χ0v) is 16.2. The number of benzene rings is 1. The molecule has 6 heteroatoms. The molecule has 0 atom stereocenters. The van der Waals surface area contributed by atoms with E-state index in [1.165, 1.54) is 5.56 Å². The van der Waals surface area contributed by atoms with Crippen LogP contribution < -0.4 is 0 Å². The summed E-state index contributed by atoms with van der Waals surface area (Å²) < 4.78 is 5.29. The molecule has 0 spiro atoms. The van der Waals surface area contributed by atoms with Gasteiger partial charge < -0.3 is 14.5 Å². The lowest BCUT2D eigenvalue weighted by atomic mass is 10.2. The third kappa shape index (κ3) is 6.27. The number of hydrogen-bond donors (Lipinski definition) is 0. The van der Waals surface area contributed by atoms with E-state index in [9.17, 15) is 9.59 Å². The molecule has 0 N–H and O–H groups in total. The Morgan fingerprint density at radius 3 is 2.52 bits per heavy atom. The van der Waals surface area contributed by atoms with Crippen molar-refractivity contribution in [2.24, 2.45) is 5.92 Å². The zero-order valence-electron chi connectivity index (χ0n) is 15.4. The topological polar surface area (TPSA) is 49.9 Å². The van der Waals surface area contributed by atoms with Crippen LogP contribution in [0.5, 0.6) is 0 Å². The van der Waals surface area contributed by atoms with E-state index in [1.807, 2.05) is 36.9 Å². The first-order valence-electron chi connectivity index (χ1n) is 8.85. The maximum Gasteiger partial charge on any atom is 0.409 e. The zero-order chi connectivity index (χ0) is 18.2. The summed E-state index contributed by atoms with van der Waals surface area (Å²) in [5, 5.41) is 0. The Balaban J connectivity index is 1.80. The van der Waals surface area contributed by atoms with Crippen molar-refractivity contribution in [3.05, 3.63) is 29.8 Å². The van der Waals surface area contributed by atoms with Crippen LogP contribution >= 0.6 is 11.8 Å². The Labute approximate surface area is 154 Å². The standard InChI is InChI=1S/C19H28N2O3S/c1-15(2)13-24-19(23)21-10-6-9-20(11-12-21)18(22)14-25-17-8-5-4-7-16(17)3/h4-5,7-8,15H,6,9-14H2,1-3H3. The Morgan fingerprint density at radius 2 is 1.80 bits per heavy atom. The quantitative estimate of drug-likeness (QED) is 0.751. The average Bonchev–Trinajstić information content (AvgIpc) is 2.85. The highest BCUT2D eigenvalue weighted by atomic mass is 32.2. The van der Waals surface area contributed by atoms with Crippen LogP contribution in [0.3, 0.4) is 0 Å². The fraction of sp³-hybridized carbons (Fsp3) is 0.579. The van der Waals surface area contributed by atoms with Crippen molar-refractivity contribution < 1.29 is 14.3 Å². The summed E-state index contributed by atoms with van der Waals surface area (Å²) >= 11 is 1.58. The molecule has 5 nitrogen and oxygen atoms in total. The largest absolute Gasteiger partial charge is 0.449 e. The summed E-state index contributed by atoms with van der Waals surface area (Å²) in [6, 6.07) is 8.09. The Bertz CT molecular complexity index is 592. The van der Waals surface area contributed by atoms with Crippen molar-refractivity contribution in [1.82, 2.24) is 9.80 Å². The van der Waals surface area contributed by atoms with Gasteiger partial charge >= 0.3 is 6.09 Å². The van der Waals surface area contributed by atoms with E-state index in [0.717, 1.165) is 11.3 Å². The van der Waals surface area contributed by atoms with E-state index in [4.69, 9.17) is 4.74 Å². The minimum Gasteiger partial charge on any atom is -0.449 e. The highest BCUT2D eigenvalue weighted by molar-refractivity contribution is 8.00. The minimum atomic E-state index is -0.266. The van der Waals surface area contributed by atoms with Crippen molar-refractivity contribution in [2.75, 3.05) is 38.5 Å². The molecule has 1 aliphatic rings. The normalized spacial score (nSPS) is 15.2. The second-order valence-electron chi connectivity index (χ2n) is 6.75. The van der Waals surface area contributed by atoms with E-state index in [1.54, 1.807) is 16.7 Å². The third-order valence-electron chi connectivity index (χ3n) is 4.09. The van der Waals surface area contributed by atoms with Gasteiger partial charge in [-0.1, -0.05) is 32.0 Å². The van der Waals surface area contributed by atoms with Gasteiger partial charge in [-0.05, 0) is 30.9 Å². The number of hydrogen-bond acceptors (Lipinski definition) is 4. The molecular formula is C19H28N2O3S. The molecule has 0 unspecified atom stereocenters. The van der Waals surface area contributed by atoms with Crippen LogP contribution in [0.25, 0.3) is 0 Å². The van der Waals surface area contributed by atoms with Crippen LogP contribution in [0.15, 0.2) is 29.2 Å². The van der Waals surface area contributed by atoms with Crippen LogP contribution in [-0.2, 0) is 9.53 Å². The van der Waals surface area contributed by atoms with Crippen molar-refractivity contribution in [2.45, 2.75) is 32.1 Å². The summed E-state index contributed by atoms with van der Waals surface area (Å²) in [5.74, 6) is 0.890. The van der Waals surface area contributed by atoms with Crippen LogP contribution in [-0.4, -0.2) is 60.3 Å². The van der Waals surface area contributed by atoms with E-state index < -0.39 is 0 Å². The lowest BCUT2D eigenvalue weighted by molar-refractivity contribution is -0.128. The number of carbonyl (C=O) groups excluding carboxylic acids is 2. The van der Waals surface area contributed by atoms with E-state index in [0.29, 0.717) is 44.5 Å². The number of rotatable bonds is 5. The number of amides is 2. The summed E-state index contributed by atoms with van der Waals surface area (Å²) in [4.78, 5) is 29.3. The molecular weight excluding hydrogens is 336 g/mol. The van der Waals surface area contributed by atoms with Gasteiger partial charge in [0.1, 0.15) is 0 Å². The highest BCUT2D eigenvalue weighted by Crippen LogP contribution is 2.22. The summed E-state index contributed by atoms with van der Waals surface area (Å²) in [6.45, 7) is 8.98. The monoisotopic (exact) mass is 364 g/mol. The van der Waals surface area contributed by atoms with Crippen molar-refractivity contribution in [3.8, 4) is 0 Å². The molecule has 1 heterocycles. The molecule has 1 aliphatic heterocycles. The highest BCUT2D eigenvalue weighted by Gasteiger charge is 2.23. The van der Waals surface area contributed by atoms with Crippen molar-refractivity contribution >= 4 is 23.8 Å². The number of thioether (sulfide) groups is 1. The SMILES string of the molecule is Cc1ccccc1SCC(=O)N1CCCN(C(=O)OCC(C)C)CC1. The second-order valence-corrected chi connectivity index (χ2v) is 7.76. The lowest BCUT2D eigenvalue weighted by Gasteiger charge is -2.22. The summed E-state index contributed by atoms with van der Waals surface area (Å²) in [5.41, 5.74) is 1.19. The molecule has 0 bridgehead atoms. The van der Waals surface area contributed by atoms with Gasteiger partial charge in [-0.2, -0.15) is 0 Å². The van der Waals surface area contributed by atoms with E-state index in [2.05, 4.69) is 13.0 Å². The molecule has 1 fully saturated rings. The predicted molar refractivity (Wildman–Crippen MR) is 101 cm³/mol. The first kappa shape index (κ1) is 19.6. The van der Waals surface area contributed by atoms with Gasteiger partial charge in [0.2, 0.25) is 5.91 Å². The third-order valence-corrected chi connectivity index (χ3v) is 5.25. The Kier molecular flexibility index (Phi) is 7.62. The molecule has 138 valence electrons. The maximum absolute atomic E-state index is 12.5. The number of aryl methyl sites for hydroxylation is 1. The van der Waals surface area contributed by atoms with Crippen molar-refractivity contribution in [3.63, 3.8) is 0 Å². The van der Waals surface area contributed by atoms with Gasteiger partial charge in [-0.15, -0.1) is 11.8 Å². The lowest BCUT2D eigenvalue weighted by Crippen LogP contribution is -2.38. The van der Waals surface area contributed by atoms with Gasteiger partial charge in [0.05, 0.1) is 12.4 Å². The van der Waals surface area contributed by atoms with Gasteiger partial charge in [-0.25, -0.2) is 4.79 Å². The van der Waals surface area contributed by atoms with Crippen LogP contribution in [0.4, 0.5) is 4.79 Å². The molecule has 1 aromatic carbocycles. The van der Waals surface area contributed by atoms with Crippen LogP contribution in [0, 0.1) is 12.8 Å². The average molecular weight is 365 g/mol. The predicted octanol–water partition coefficient (Wildman–Crippen LogP) is 3.41. The summed E-state index contributed by atoms with van der Waals surface area (Å²) in [7, 11) is 0.